The quantitative estimate of drug-likeness (QED) is 0.883. The first-order chi connectivity index (χ1) is 8.86. The summed E-state index contributed by atoms with van der Waals surface area (Å²) < 4.78 is 13.0. The summed E-state index contributed by atoms with van der Waals surface area (Å²) in [6, 6.07) is 9.92. The first kappa shape index (κ1) is 11.4. The fourth-order valence-electron chi connectivity index (χ4n) is 1.93. The van der Waals surface area contributed by atoms with Crippen LogP contribution in [0, 0.1) is 0 Å². The van der Waals surface area contributed by atoms with Gasteiger partial charge in [0.2, 0.25) is 0 Å². The molecular weight excluding hydrogens is 230 g/mol. The van der Waals surface area contributed by atoms with Crippen LogP contribution in [-0.2, 0) is 9.47 Å². The molecule has 1 aromatic heterocycles. The van der Waals surface area contributed by atoms with E-state index in [0.29, 0.717) is 13.2 Å². The second-order valence-electron chi connectivity index (χ2n) is 4.21. The van der Waals surface area contributed by atoms with Crippen LogP contribution in [0.15, 0.2) is 42.7 Å². The number of rotatable bonds is 3. The van der Waals surface area contributed by atoms with Crippen LogP contribution in [0.3, 0.4) is 0 Å². The normalized spacial score (nSPS) is 23.4. The molecule has 1 aliphatic heterocycles. The summed E-state index contributed by atoms with van der Waals surface area (Å²) in [4.78, 5) is 0. The highest BCUT2D eigenvalue weighted by Gasteiger charge is 2.27. The molecule has 0 radical (unpaired) electrons. The molecule has 2 aromatic rings. The summed E-state index contributed by atoms with van der Waals surface area (Å²) in [5.41, 5.74) is 7.47. The Kier molecular flexibility index (Phi) is 3.10. The van der Waals surface area contributed by atoms with Gasteiger partial charge in [-0.2, -0.15) is 5.10 Å². The highest BCUT2D eigenvalue weighted by molar-refractivity contribution is 5.31. The zero-order valence-corrected chi connectivity index (χ0v) is 9.90. The molecule has 5 heteroatoms. The van der Waals surface area contributed by atoms with Crippen molar-refractivity contribution in [3.63, 3.8) is 0 Å². The lowest BCUT2D eigenvalue weighted by Gasteiger charge is -2.07. The molecule has 1 aliphatic rings. The molecule has 0 aliphatic carbocycles. The Morgan fingerprint density at radius 2 is 2.17 bits per heavy atom. The van der Waals surface area contributed by atoms with Crippen molar-refractivity contribution in [3.8, 4) is 5.69 Å². The van der Waals surface area contributed by atoms with Crippen molar-refractivity contribution in [2.45, 2.75) is 12.4 Å². The largest absolute Gasteiger partial charge is 0.346 e. The van der Waals surface area contributed by atoms with Gasteiger partial charge in [-0.25, -0.2) is 4.68 Å². The predicted octanol–water partition coefficient (Wildman–Crippen LogP) is 1.24. The molecule has 1 saturated heterocycles. The number of aromatic nitrogens is 2. The van der Waals surface area contributed by atoms with Crippen LogP contribution in [0.1, 0.15) is 11.9 Å². The summed E-state index contributed by atoms with van der Waals surface area (Å²) in [5.74, 6) is 0. The number of hydrogen-bond acceptors (Lipinski definition) is 4. The smallest absolute Gasteiger partial charge is 0.187 e. The van der Waals surface area contributed by atoms with E-state index in [1.165, 1.54) is 0 Å². The van der Waals surface area contributed by atoms with Gasteiger partial charge in [-0.1, -0.05) is 18.2 Å². The molecule has 2 N–H and O–H groups in total. The van der Waals surface area contributed by atoms with E-state index in [0.717, 1.165) is 11.3 Å². The van der Waals surface area contributed by atoms with Crippen LogP contribution in [0.2, 0.25) is 0 Å². The number of nitrogens with zero attached hydrogens (tertiary/aromatic N) is 2. The Morgan fingerprint density at radius 3 is 2.89 bits per heavy atom. The second-order valence-corrected chi connectivity index (χ2v) is 4.21. The zero-order chi connectivity index (χ0) is 12.4. The summed E-state index contributed by atoms with van der Waals surface area (Å²) in [6.07, 6.45) is 3.31. The molecule has 2 atom stereocenters. The first-order valence-corrected chi connectivity index (χ1v) is 5.94. The van der Waals surface area contributed by atoms with Crippen LogP contribution >= 0.6 is 0 Å². The van der Waals surface area contributed by atoms with Gasteiger partial charge in [-0.05, 0) is 12.1 Å². The zero-order valence-electron chi connectivity index (χ0n) is 9.90. The minimum atomic E-state index is -0.351. The molecule has 2 heterocycles. The lowest BCUT2D eigenvalue weighted by molar-refractivity contribution is -0.0585. The van der Waals surface area contributed by atoms with Crippen LogP contribution < -0.4 is 5.73 Å². The average molecular weight is 245 g/mol. The topological polar surface area (TPSA) is 62.3 Å². The van der Waals surface area contributed by atoms with E-state index in [9.17, 15) is 0 Å². The summed E-state index contributed by atoms with van der Waals surface area (Å²) >= 11 is 0. The third kappa shape index (κ3) is 2.15. The Labute approximate surface area is 105 Å². The minimum absolute atomic E-state index is 0.0184. The highest BCUT2D eigenvalue weighted by Crippen LogP contribution is 2.26. The van der Waals surface area contributed by atoms with Crippen molar-refractivity contribution in [2.24, 2.45) is 5.73 Å². The molecule has 94 valence electrons. The van der Waals surface area contributed by atoms with Crippen molar-refractivity contribution in [1.82, 2.24) is 9.78 Å². The summed E-state index contributed by atoms with van der Waals surface area (Å²) in [5, 5.41) is 4.31. The molecule has 0 spiro atoms. The number of para-hydroxylation sites is 1. The van der Waals surface area contributed by atoms with E-state index in [4.69, 9.17) is 15.2 Å². The van der Waals surface area contributed by atoms with Gasteiger partial charge in [0.1, 0.15) is 0 Å². The van der Waals surface area contributed by atoms with Crippen molar-refractivity contribution >= 4 is 0 Å². The highest BCUT2D eigenvalue weighted by atomic mass is 16.7. The molecule has 0 amide bonds. The van der Waals surface area contributed by atoms with Crippen LogP contribution in [0.4, 0.5) is 0 Å². The fourth-order valence-corrected chi connectivity index (χ4v) is 1.93. The third-order valence-corrected chi connectivity index (χ3v) is 2.91. The maximum Gasteiger partial charge on any atom is 0.187 e. The fraction of sp³-hybridized carbons (Fsp3) is 0.308. The number of benzene rings is 1. The summed E-state index contributed by atoms with van der Waals surface area (Å²) in [6.45, 7) is 1.01. The van der Waals surface area contributed by atoms with Gasteiger partial charge in [0.05, 0.1) is 24.6 Å². The molecule has 0 saturated carbocycles. The Hall–Kier alpha value is -1.69. The van der Waals surface area contributed by atoms with Gasteiger partial charge < -0.3 is 15.2 Å². The molecule has 2 unspecified atom stereocenters. The predicted molar refractivity (Wildman–Crippen MR) is 66.2 cm³/mol. The average Bonchev–Trinajstić information content (AvgIpc) is 3.08. The van der Waals surface area contributed by atoms with Gasteiger partial charge in [0.15, 0.2) is 6.29 Å². The second kappa shape index (κ2) is 4.89. The molecular formula is C13H15N3O2. The van der Waals surface area contributed by atoms with Crippen molar-refractivity contribution in [1.29, 1.82) is 0 Å². The van der Waals surface area contributed by atoms with E-state index >= 15 is 0 Å². The standard InChI is InChI=1S/C13H15N3O2/c14-6-12-9-17-13(18-12)10-7-15-16(8-10)11-4-2-1-3-5-11/h1-5,7-8,12-13H,6,9,14H2. The maximum absolute atomic E-state index is 5.65. The van der Waals surface area contributed by atoms with Gasteiger partial charge in [0, 0.05) is 18.3 Å². The van der Waals surface area contributed by atoms with Crippen molar-refractivity contribution in [2.75, 3.05) is 13.2 Å². The van der Waals surface area contributed by atoms with Crippen LogP contribution in [0.5, 0.6) is 0 Å². The first-order valence-electron chi connectivity index (χ1n) is 5.94. The number of hydrogen-bond donors (Lipinski definition) is 1. The number of nitrogens with two attached hydrogens (primary N) is 1. The van der Waals surface area contributed by atoms with Gasteiger partial charge >= 0.3 is 0 Å². The van der Waals surface area contributed by atoms with Gasteiger partial charge in [0.25, 0.3) is 0 Å². The summed E-state index contributed by atoms with van der Waals surface area (Å²) in [7, 11) is 0. The van der Waals surface area contributed by atoms with Crippen molar-refractivity contribution in [3.05, 3.63) is 48.3 Å². The van der Waals surface area contributed by atoms with Gasteiger partial charge in [-0.3, -0.25) is 0 Å². The monoisotopic (exact) mass is 245 g/mol. The van der Waals surface area contributed by atoms with Crippen molar-refractivity contribution < 1.29 is 9.47 Å². The molecule has 1 fully saturated rings. The molecule has 18 heavy (non-hydrogen) atoms. The number of ether oxygens (including phenoxy) is 2. The Morgan fingerprint density at radius 1 is 1.33 bits per heavy atom. The molecule has 1 aromatic carbocycles. The SMILES string of the molecule is NCC1COC(c2cnn(-c3ccccc3)c2)O1. The van der Waals surface area contributed by atoms with E-state index in [1.54, 1.807) is 10.9 Å². The molecule has 5 nitrogen and oxygen atoms in total. The Bertz CT molecular complexity index is 512. The lowest BCUT2D eigenvalue weighted by atomic mass is 10.3. The van der Waals surface area contributed by atoms with E-state index in [-0.39, 0.29) is 12.4 Å². The Balaban J connectivity index is 1.78. The lowest BCUT2D eigenvalue weighted by Crippen LogP contribution is -2.21. The van der Waals surface area contributed by atoms with E-state index in [1.807, 2.05) is 36.5 Å². The van der Waals surface area contributed by atoms with E-state index < -0.39 is 0 Å². The molecule has 3 rings (SSSR count). The minimum Gasteiger partial charge on any atom is -0.346 e. The van der Waals surface area contributed by atoms with Gasteiger partial charge in [-0.15, -0.1) is 0 Å². The third-order valence-electron chi connectivity index (χ3n) is 2.91. The maximum atomic E-state index is 5.65. The van der Waals surface area contributed by atoms with Crippen LogP contribution in [-0.4, -0.2) is 29.0 Å². The molecule has 0 bridgehead atoms. The van der Waals surface area contributed by atoms with E-state index in [2.05, 4.69) is 5.10 Å². The van der Waals surface area contributed by atoms with Crippen LogP contribution in [0.25, 0.3) is 5.69 Å².